The molecule has 0 atom stereocenters. The van der Waals surface area contributed by atoms with Gasteiger partial charge in [-0.05, 0) is 35.2 Å². The monoisotopic (exact) mass is 332 g/mol. The molecule has 0 spiro atoms. The zero-order chi connectivity index (χ0) is 17.1. The van der Waals surface area contributed by atoms with E-state index in [0.29, 0.717) is 13.1 Å². The number of benzene rings is 2. The number of amides is 2. The van der Waals surface area contributed by atoms with E-state index in [0.717, 1.165) is 29.8 Å². The van der Waals surface area contributed by atoms with Crippen molar-refractivity contribution in [3.05, 3.63) is 83.7 Å². The van der Waals surface area contributed by atoms with E-state index in [-0.39, 0.29) is 6.03 Å². The molecular weight excluding hydrogens is 312 g/mol. The Morgan fingerprint density at radius 2 is 1.84 bits per heavy atom. The summed E-state index contributed by atoms with van der Waals surface area (Å²) in [6.07, 6.45) is 4.63. The standard InChI is InChI=1S/C20H20N4O/c25-20(24-13-10-16-6-3-4-9-19(16)24)21-14-17-7-1-2-8-18(17)15-23-12-5-11-22-23/h1-9,11-12H,10,13-15H2,(H,21,25). The van der Waals surface area contributed by atoms with Crippen molar-refractivity contribution >= 4 is 11.7 Å². The minimum Gasteiger partial charge on any atom is -0.334 e. The molecule has 3 aromatic rings. The van der Waals surface area contributed by atoms with Gasteiger partial charge in [0, 0.05) is 31.2 Å². The number of para-hydroxylation sites is 1. The van der Waals surface area contributed by atoms with Crippen LogP contribution in [-0.2, 0) is 19.5 Å². The fourth-order valence-corrected chi connectivity index (χ4v) is 3.27. The topological polar surface area (TPSA) is 50.2 Å². The largest absolute Gasteiger partial charge is 0.334 e. The van der Waals surface area contributed by atoms with Gasteiger partial charge in [-0.15, -0.1) is 0 Å². The first-order valence-electron chi connectivity index (χ1n) is 8.49. The third-order valence-corrected chi connectivity index (χ3v) is 4.57. The first-order chi connectivity index (χ1) is 12.3. The fourth-order valence-electron chi connectivity index (χ4n) is 3.27. The van der Waals surface area contributed by atoms with Crippen LogP contribution >= 0.6 is 0 Å². The van der Waals surface area contributed by atoms with Crippen LogP contribution < -0.4 is 10.2 Å². The lowest BCUT2D eigenvalue weighted by atomic mass is 10.1. The van der Waals surface area contributed by atoms with E-state index >= 15 is 0 Å². The Hall–Kier alpha value is -3.08. The number of nitrogens with zero attached hydrogens (tertiary/aromatic N) is 3. The van der Waals surface area contributed by atoms with Crippen LogP contribution in [0.2, 0.25) is 0 Å². The molecule has 4 rings (SSSR count). The molecule has 0 saturated heterocycles. The van der Waals surface area contributed by atoms with Gasteiger partial charge in [-0.3, -0.25) is 9.58 Å². The molecule has 5 heteroatoms. The predicted octanol–water partition coefficient (Wildman–Crippen LogP) is 3.20. The summed E-state index contributed by atoms with van der Waals surface area (Å²) >= 11 is 0. The summed E-state index contributed by atoms with van der Waals surface area (Å²) in [5.74, 6) is 0. The van der Waals surface area contributed by atoms with E-state index in [1.54, 1.807) is 6.20 Å². The van der Waals surface area contributed by atoms with Crippen molar-refractivity contribution in [2.24, 2.45) is 0 Å². The Bertz CT molecular complexity index is 873. The molecule has 126 valence electrons. The average molecular weight is 332 g/mol. The molecule has 1 aromatic heterocycles. The van der Waals surface area contributed by atoms with Gasteiger partial charge in [0.25, 0.3) is 0 Å². The van der Waals surface area contributed by atoms with Gasteiger partial charge in [0.2, 0.25) is 0 Å². The third kappa shape index (κ3) is 3.26. The minimum absolute atomic E-state index is 0.0427. The Morgan fingerprint density at radius 3 is 2.68 bits per heavy atom. The first-order valence-corrected chi connectivity index (χ1v) is 8.49. The van der Waals surface area contributed by atoms with Crippen LogP contribution in [0.1, 0.15) is 16.7 Å². The molecule has 0 fully saturated rings. The Morgan fingerprint density at radius 1 is 1.04 bits per heavy atom. The maximum absolute atomic E-state index is 12.6. The summed E-state index contributed by atoms with van der Waals surface area (Å²) in [4.78, 5) is 14.4. The number of carbonyl (C=O) groups excluding carboxylic acids is 1. The molecule has 5 nitrogen and oxygen atoms in total. The highest BCUT2D eigenvalue weighted by Crippen LogP contribution is 2.27. The number of nitrogens with one attached hydrogen (secondary N) is 1. The van der Waals surface area contributed by atoms with Crippen molar-refractivity contribution in [3.63, 3.8) is 0 Å². The van der Waals surface area contributed by atoms with E-state index in [2.05, 4.69) is 28.6 Å². The highest BCUT2D eigenvalue weighted by molar-refractivity contribution is 5.94. The van der Waals surface area contributed by atoms with Crippen molar-refractivity contribution in [3.8, 4) is 0 Å². The van der Waals surface area contributed by atoms with Crippen LogP contribution in [0.4, 0.5) is 10.5 Å². The Balaban J connectivity index is 1.44. The van der Waals surface area contributed by atoms with Crippen LogP contribution in [0.15, 0.2) is 67.0 Å². The molecule has 1 N–H and O–H groups in total. The van der Waals surface area contributed by atoms with E-state index in [4.69, 9.17) is 0 Å². The summed E-state index contributed by atoms with van der Waals surface area (Å²) in [5.41, 5.74) is 4.52. The number of hydrogen-bond acceptors (Lipinski definition) is 2. The fraction of sp³-hybridized carbons (Fsp3) is 0.200. The lowest BCUT2D eigenvalue weighted by molar-refractivity contribution is 0.246. The molecule has 0 radical (unpaired) electrons. The summed E-state index contributed by atoms with van der Waals surface area (Å²) in [5, 5.41) is 7.32. The Labute approximate surface area is 146 Å². The Kier molecular flexibility index (Phi) is 4.21. The van der Waals surface area contributed by atoms with E-state index in [9.17, 15) is 4.79 Å². The number of rotatable bonds is 4. The van der Waals surface area contributed by atoms with Gasteiger partial charge < -0.3 is 5.32 Å². The van der Waals surface area contributed by atoms with Crippen molar-refractivity contribution in [1.29, 1.82) is 0 Å². The van der Waals surface area contributed by atoms with E-state index < -0.39 is 0 Å². The highest BCUT2D eigenvalue weighted by atomic mass is 16.2. The van der Waals surface area contributed by atoms with Crippen LogP contribution in [0.5, 0.6) is 0 Å². The number of fused-ring (bicyclic) bond motifs is 1. The van der Waals surface area contributed by atoms with Crippen LogP contribution in [-0.4, -0.2) is 22.4 Å². The van der Waals surface area contributed by atoms with Gasteiger partial charge in [-0.1, -0.05) is 42.5 Å². The maximum atomic E-state index is 12.6. The number of aromatic nitrogens is 2. The molecule has 2 aromatic carbocycles. The quantitative estimate of drug-likeness (QED) is 0.797. The summed E-state index contributed by atoms with van der Waals surface area (Å²) in [6, 6.07) is 18.1. The zero-order valence-corrected chi connectivity index (χ0v) is 13.9. The number of hydrogen-bond donors (Lipinski definition) is 1. The van der Waals surface area contributed by atoms with Crippen LogP contribution in [0, 0.1) is 0 Å². The number of carbonyl (C=O) groups is 1. The van der Waals surface area contributed by atoms with Gasteiger partial charge in [0.1, 0.15) is 0 Å². The second kappa shape index (κ2) is 6.81. The summed E-state index contributed by atoms with van der Waals surface area (Å²) < 4.78 is 1.89. The van der Waals surface area contributed by atoms with Crippen molar-refractivity contribution in [2.45, 2.75) is 19.5 Å². The third-order valence-electron chi connectivity index (χ3n) is 4.57. The van der Waals surface area contributed by atoms with Gasteiger partial charge >= 0.3 is 6.03 Å². The van der Waals surface area contributed by atoms with E-state index in [1.165, 1.54) is 5.56 Å². The van der Waals surface area contributed by atoms with Gasteiger partial charge in [-0.25, -0.2) is 4.79 Å². The molecule has 25 heavy (non-hydrogen) atoms. The van der Waals surface area contributed by atoms with Crippen LogP contribution in [0.25, 0.3) is 0 Å². The molecule has 1 aliphatic heterocycles. The highest BCUT2D eigenvalue weighted by Gasteiger charge is 2.23. The smallest absolute Gasteiger partial charge is 0.322 e. The lowest BCUT2D eigenvalue weighted by Crippen LogP contribution is -2.38. The SMILES string of the molecule is O=C(NCc1ccccc1Cn1cccn1)N1CCc2ccccc21. The molecule has 0 aliphatic carbocycles. The maximum Gasteiger partial charge on any atom is 0.322 e. The van der Waals surface area contributed by atoms with Gasteiger partial charge in [0.05, 0.1) is 6.54 Å². The molecular formula is C20H20N4O. The van der Waals surface area contributed by atoms with Gasteiger partial charge in [-0.2, -0.15) is 5.10 Å². The average Bonchev–Trinajstić information content (AvgIpc) is 3.30. The van der Waals surface area contributed by atoms with Crippen LogP contribution in [0.3, 0.4) is 0 Å². The molecule has 0 bridgehead atoms. The van der Waals surface area contributed by atoms with Crippen molar-refractivity contribution < 1.29 is 4.79 Å². The lowest BCUT2D eigenvalue weighted by Gasteiger charge is -2.19. The molecule has 0 unspecified atom stereocenters. The number of urea groups is 1. The van der Waals surface area contributed by atoms with Crippen molar-refractivity contribution in [2.75, 3.05) is 11.4 Å². The minimum atomic E-state index is -0.0427. The predicted molar refractivity (Wildman–Crippen MR) is 97.5 cm³/mol. The second-order valence-electron chi connectivity index (χ2n) is 6.16. The van der Waals surface area contributed by atoms with E-state index in [1.807, 2.05) is 52.2 Å². The van der Waals surface area contributed by atoms with Gasteiger partial charge in [0.15, 0.2) is 0 Å². The zero-order valence-electron chi connectivity index (χ0n) is 13.9. The number of anilines is 1. The molecule has 1 aliphatic rings. The normalized spacial score (nSPS) is 12.9. The molecule has 2 amide bonds. The molecule has 2 heterocycles. The molecule has 0 saturated carbocycles. The first kappa shape index (κ1) is 15.4. The summed E-state index contributed by atoms with van der Waals surface area (Å²) in [6.45, 7) is 1.95. The summed E-state index contributed by atoms with van der Waals surface area (Å²) in [7, 11) is 0. The van der Waals surface area contributed by atoms with Crippen molar-refractivity contribution in [1.82, 2.24) is 15.1 Å². The second-order valence-corrected chi connectivity index (χ2v) is 6.16.